The molecule has 0 spiro atoms. The SMILES string of the molecule is CNC(=O)c1cc(Oc2ccc3c(c2)nc(Nc2ccc4c(c2)CCC4)n3C)ccn1. The van der Waals surface area contributed by atoms with Crippen LogP contribution in [0.15, 0.2) is 54.7 Å². The summed E-state index contributed by atoms with van der Waals surface area (Å²) < 4.78 is 7.98. The molecular formula is C24H23N5O2. The van der Waals surface area contributed by atoms with E-state index < -0.39 is 0 Å². The van der Waals surface area contributed by atoms with Crippen molar-refractivity contribution in [1.82, 2.24) is 19.9 Å². The number of fused-ring (bicyclic) bond motifs is 2. The summed E-state index contributed by atoms with van der Waals surface area (Å²) in [4.78, 5) is 20.6. The Morgan fingerprint density at radius 2 is 1.87 bits per heavy atom. The Balaban J connectivity index is 1.40. The van der Waals surface area contributed by atoms with Gasteiger partial charge in [-0.15, -0.1) is 0 Å². The topological polar surface area (TPSA) is 81.1 Å². The number of carbonyl (C=O) groups is 1. The van der Waals surface area contributed by atoms with Gasteiger partial charge in [0.2, 0.25) is 5.95 Å². The smallest absolute Gasteiger partial charge is 0.269 e. The average Bonchev–Trinajstić information content (AvgIpc) is 3.37. The van der Waals surface area contributed by atoms with E-state index in [0.29, 0.717) is 17.2 Å². The molecule has 0 atom stereocenters. The van der Waals surface area contributed by atoms with Crippen LogP contribution < -0.4 is 15.4 Å². The van der Waals surface area contributed by atoms with E-state index in [9.17, 15) is 4.79 Å². The zero-order valence-electron chi connectivity index (χ0n) is 17.5. The number of aryl methyl sites for hydroxylation is 3. The first-order chi connectivity index (χ1) is 15.1. The lowest BCUT2D eigenvalue weighted by atomic mass is 10.1. The molecule has 1 amide bonds. The molecule has 156 valence electrons. The van der Waals surface area contributed by atoms with Gasteiger partial charge in [0.25, 0.3) is 5.91 Å². The van der Waals surface area contributed by atoms with Crippen molar-refractivity contribution in [3.05, 3.63) is 71.5 Å². The summed E-state index contributed by atoms with van der Waals surface area (Å²) in [6.45, 7) is 0. The zero-order valence-corrected chi connectivity index (χ0v) is 17.5. The van der Waals surface area contributed by atoms with Gasteiger partial charge < -0.3 is 19.9 Å². The number of pyridine rings is 1. The zero-order chi connectivity index (χ0) is 21.4. The van der Waals surface area contributed by atoms with Crippen molar-refractivity contribution in [2.45, 2.75) is 19.3 Å². The lowest BCUT2D eigenvalue weighted by molar-refractivity contribution is 0.0958. The predicted octanol–water partition coefficient (Wildman–Crippen LogP) is 4.35. The Morgan fingerprint density at radius 3 is 2.74 bits per heavy atom. The molecular weight excluding hydrogens is 390 g/mol. The first kappa shape index (κ1) is 19.1. The second-order valence-corrected chi connectivity index (χ2v) is 7.66. The van der Waals surface area contributed by atoms with Crippen LogP contribution in [0.1, 0.15) is 28.0 Å². The van der Waals surface area contributed by atoms with Crippen LogP contribution in [0.2, 0.25) is 0 Å². The molecule has 0 fully saturated rings. The first-order valence-electron chi connectivity index (χ1n) is 10.3. The summed E-state index contributed by atoms with van der Waals surface area (Å²) >= 11 is 0. The molecule has 2 aromatic heterocycles. The van der Waals surface area contributed by atoms with Crippen LogP contribution in [0.3, 0.4) is 0 Å². The molecule has 0 radical (unpaired) electrons. The molecule has 7 nitrogen and oxygen atoms in total. The van der Waals surface area contributed by atoms with Gasteiger partial charge in [0.1, 0.15) is 17.2 Å². The monoisotopic (exact) mass is 413 g/mol. The summed E-state index contributed by atoms with van der Waals surface area (Å²) in [5, 5.41) is 6.01. The number of carbonyl (C=O) groups excluding carboxylic acids is 1. The van der Waals surface area contributed by atoms with Crippen molar-refractivity contribution in [2.24, 2.45) is 7.05 Å². The molecule has 2 aromatic carbocycles. The van der Waals surface area contributed by atoms with E-state index in [1.165, 1.54) is 24.0 Å². The molecule has 5 rings (SSSR count). The third-order valence-corrected chi connectivity index (χ3v) is 5.63. The van der Waals surface area contributed by atoms with Crippen LogP contribution in [0.5, 0.6) is 11.5 Å². The minimum absolute atomic E-state index is 0.257. The van der Waals surface area contributed by atoms with E-state index in [-0.39, 0.29) is 5.91 Å². The predicted molar refractivity (Wildman–Crippen MR) is 120 cm³/mol. The number of amides is 1. The van der Waals surface area contributed by atoms with Crippen molar-refractivity contribution < 1.29 is 9.53 Å². The lowest BCUT2D eigenvalue weighted by Crippen LogP contribution is -2.18. The molecule has 1 aliphatic carbocycles. The molecule has 1 aliphatic rings. The summed E-state index contributed by atoms with van der Waals surface area (Å²) in [7, 11) is 3.56. The van der Waals surface area contributed by atoms with E-state index in [1.54, 1.807) is 25.4 Å². The second kappa shape index (κ2) is 7.75. The number of nitrogens with zero attached hydrogens (tertiary/aromatic N) is 3. The largest absolute Gasteiger partial charge is 0.457 e. The van der Waals surface area contributed by atoms with Crippen LogP contribution in [-0.2, 0) is 19.9 Å². The number of rotatable bonds is 5. The van der Waals surface area contributed by atoms with E-state index in [2.05, 4.69) is 33.8 Å². The fraction of sp³-hybridized carbons (Fsp3) is 0.208. The number of hydrogen-bond donors (Lipinski definition) is 2. The van der Waals surface area contributed by atoms with Crippen molar-refractivity contribution in [2.75, 3.05) is 12.4 Å². The number of anilines is 2. The maximum absolute atomic E-state index is 11.8. The van der Waals surface area contributed by atoms with Gasteiger partial charge >= 0.3 is 0 Å². The van der Waals surface area contributed by atoms with Gasteiger partial charge in [0.15, 0.2) is 0 Å². The van der Waals surface area contributed by atoms with E-state index in [1.807, 2.05) is 29.8 Å². The minimum atomic E-state index is -0.257. The standard InChI is InChI=1S/C24H23N5O2/c1-25-23(30)21-14-19(10-11-26-21)31-18-8-9-22-20(13-18)28-24(29(22)2)27-17-7-6-15-4-3-5-16(15)12-17/h6-14H,3-5H2,1-2H3,(H,25,30)(H,27,28). The molecule has 2 heterocycles. The van der Waals surface area contributed by atoms with Gasteiger partial charge in [-0.1, -0.05) is 6.07 Å². The average molecular weight is 413 g/mol. The van der Waals surface area contributed by atoms with Crippen molar-refractivity contribution in [3.63, 3.8) is 0 Å². The van der Waals surface area contributed by atoms with E-state index >= 15 is 0 Å². The van der Waals surface area contributed by atoms with Gasteiger partial charge in [-0.3, -0.25) is 9.78 Å². The summed E-state index contributed by atoms with van der Waals surface area (Å²) in [6.07, 6.45) is 5.10. The summed E-state index contributed by atoms with van der Waals surface area (Å²) in [6, 6.07) is 15.6. The number of nitrogens with one attached hydrogen (secondary N) is 2. The number of ether oxygens (including phenoxy) is 1. The van der Waals surface area contributed by atoms with Gasteiger partial charge in [-0.25, -0.2) is 4.98 Å². The normalized spacial score (nSPS) is 12.6. The molecule has 0 saturated heterocycles. The van der Waals surface area contributed by atoms with Crippen molar-refractivity contribution in [3.8, 4) is 11.5 Å². The second-order valence-electron chi connectivity index (χ2n) is 7.66. The molecule has 0 bridgehead atoms. The Kier molecular flexibility index (Phi) is 4.78. The molecule has 0 unspecified atom stereocenters. The summed E-state index contributed by atoms with van der Waals surface area (Å²) in [5.74, 6) is 1.70. The molecule has 0 saturated carbocycles. The highest BCUT2D eigenvalue weighted by Crippen LogP contribution is 2.30. The summed E-state index contributed by atoms with van der Waals surface area (Å²) in [5.41, 5.74) is 6.05. The van der Waals surface area contributed by atoms with Gasteiger partial charge in [-0.05, 0) is 60.7 Å². The highest BCUT2D eigenvalue weighted by molar-refractivity contribution is 5.92. The van der Waals surface area contributed by atoms with Crippen LogP contribution in [0.25, 0.3) is 11.0 Å². The molecule has 31 heavy (non-hydrogen) atoms. The van der Waals surface area contributed by atoms with E-state index in [0.717, 1.165) is 29.1 Å². The first-order valence-corrected chi connectivity index (χ1v) is 10.3. The third-order valence-electron chi connectivity index (χ3n) is 5.63. The van der Waals surface area contributed by atoms with Crippen molar-refractivity contribution >= 4 is 28.6 Å². The van der Waals surface area contributed by atoms with E-state index in [4.69, 9.17) is 9.72 Å². The minimum Gasteiger partial charge on any atom is -0.457 e. The Morgan fingerprint density at radius 1 is 1.03 bits per heavy atom. The van der Waals surface area contributed by atoms with Crippen LogP contribution >= 0.6 is 0 Å². The van der Waals surface area contributed by atoms with Gasteiger partial charge in [0, 0.05) is 38.1 Å². The van der Waals surface area contributed by atoms with Gasteiger partial charge in [0.05, 0.1) is 11.0 Å². The molecule has 0 aliphatic heterocycles. The van der Waals surface area contributed by atoms with Crippen molar-refractivity contribution in [1.29, 1.82) is 0 Å². The third kappa shape index (κ3) is 3.70. The number of benzene rings is 2. The molecule has 2 N–H and O–H groups in total. The van der Waals surface area contributed by atoms with Crippen LogP contribution in [0, 0.1) is 0 Å². The Bertz CT molecular complexity index is 1290. The molecule has 4 aromatic rings. The quantitative estimate of drug-likeness (QED) is 0.508. The highest BCUT2D eigenvalue weighted by atomic mass is 16.5. The molecule has 7 heteroatoms. The fourth-order valence-corrected chi connectivity index (χ4v) is 4.00. The number of hydrogen-bond acceptors (Lipinski definition) is 5. The Hall–Kier alpha value is -3.87. The van der Waals surface area contributed by atoms with Crippen LogP contribution in [0.4, 0.5) is 11.6 Å². The number of imidazole rings is 1. The fourth-order valence-electron chi connectivity index (χ4n) is 4.00. The highest BCUT2D eigenvalue weighted by Gasteiger charge is 2.14. The number of aromatic nitrogens is 3. The van der Waals surface area contributed by atoms with Gasteiger partial charge in [-0.2, -0.15) is 0 Å². The maximum Gasteiger partial charge on any atom is 0.269 e. The Labute approximate surface area is 180 Å². The maximum atomic E-state index is 11.8. The lowest BCUT2D eigenvalue weighted by Gasteiger charge is -2.08. The van der Waals surface area contributed by atoms with Crippen LogP contribution in [-0.4, -0.2) is 27.5 Å².